The highest BCUT2D eigenvalue weighted by atomic mass is 32.1. The van der Waals surface area contributed by atoms with Gasteiger partial charge in [0.25, 0.3) is 0 Å². The van der Waals surface area contributed by atoms with E-state index in [1.54, 1.807) is 0 Å². The molecule has 1 aromatic carbocycles. The van der Waals surface area contributed by atoms with Crippen LogP contribution in [-0.2, 0) is 6.42 Å². The zero-order valence-corrected chi connectivity index (χ0v) is 13.8. The van der Waals surface area contributed by atoms with Crippen molar-refractivity contribution in [1.82, 2.24) is 9.80 Å². The standard InChI is InChI=1S/C17H27N3S/c1-2-6-16(17(18)21)20-13-11-19(12-14-20)10-9-15-7-4-3-5-8-15/h3-5,7-8,16H,2,6,9-14H2,1H3,(H2,18,21). The van der Waals surface area contributed by atoms with E-state index < -0.39 is 0 Å². The average molecular weight is 305 g/mol. The Morgan fingerprint density at radius 1 is 1.19 bits per heavy atom. The molecule has 1 unspecified atom stereocenters. The van der Waals surface area contributed by atoms with E-state index in [2.05, 4.69) is 47.1 Å². The lowest BCUT2D eigenvalue weighted by Gasteiger charge is -2.39. The normalized spacial score (nSPS) is 18.5. The first kappa shape index (κ1) is 16.4. The van der Waals surface area contributed by atoms with Crippen LogP contribution in [0.5, 0.6) is 0 Å². The minimum atomic E-state index is 0.293. The predicted octanol–water partition coefficient (Wildman–Crippen LogP) is 2.30. The van der Waals surface area contributed by atoms with Crippen molar-refractivity contribution >= 4 is 17.2 Å². The molecule has 1 aliphatic rings. The van der Waals surface area contributed by atoms with Gasteiger partial charge in [-0.05, 0) is 18.4 Å². The van der Waals surface area contributed by atoms with E-state index in [9.17, 15) is 0 Å². The summed E-state index contributed by atoms with van der Waals surface area (Å²) < 4.78 is 0. The molecule has 21 heavy (non-hydrogen) atoms. The fourth-order valence-electron chi connectivity index (χ4n) is 3.01. The molecule has 0 aliphatic carbocycles. The SMILES string of the molecule is CCCC(C(N)=S)N1CCN(CCc2ccccc2)CC1. The second-order valence-electron chi connectivity index (χ2n) is 5.82. The molecule has 0 spiro atoms. The molecule has 1 heterocycles. The fraction of sp³-hybridized carbons (Fsp3) is 0.588. The highest BCUT2D eigenvalue weighted by molar-refractivity contribution is 7.80. The molecule has 0 saturated carbocycles. The Kier molecular flexibility index (Phi) is 6.61. The molecular weight excluding hydrogens is 278 g/mol. The van der Waals surface area contributed by atoms with Crippen molar-refractivity contribution in [1.29, 1.82) is 0 Å². The zero-order chi connectivity index (χ0) is 15.1. The van der Waals surface area contributed by atoms with Crippen LogP contribution in [-0.4, -0.2) is 53.6 Å². The van der Waals surface area contributed by atoms with Crippen molar-refractivity contribution in [2.24, 2.45) is 5.73 Å². The van der Waals surface area contributed by atoms with Crippen LogP contribution in [0.4, 0.5) is 0 Å². The molecule has 0 amide bonds. The maximum absolute atomic E-state index is 5.90. The van der Waals surface area contributed by atoms with Crippen molar-refractivity contribution in [3.05, 3.63) is 35.9 Å². The van der Waals surface area contributed by atoms with Gasteiger partial charge in [-0.25, -0.2) is 0 Å². The third-order valence-electron chi connectivity index (χ3n) is 4.30. The van der Waals surface area contributed by atoms with Gasteiger partial charge in [-0.3, -0.25) is 4.90 Å². The van der Waals surface area contributed by atoms with E-state index in [-0.39, 0.29) is 0 Å². The van der Waals surface area contributed by atoms with Crippen LogP contribution in [0.3, 0.4) is 0 Å². The Labute approximate surface area is 134 Å². The maximum atomic E-state index is 5.90. The van der Waals surface area contributed by atoms with E-state index in [0.717, 1.165) is 52.0 Å². The van der Waals surface area contributed by atoms with Crippen molar-refractivity contribution in [2.75, 3.05) is 32.7 Å². The monoisotopic (exact) mass is 305 g/mol. The van der Waals surface area contributed by atoms with Crippen molar-refractivity contribution in [3.63, 3.8) is 0 Å². The Morgan fingerprint density at radius 3 is 2.43 bits per heavy atom. The summed E-state index contributed by atoms with van der Waals surface area (Å²) in [5, 5.41) is 0. The average Bonchev–Trinajstić information content (AvgIpc) is 2.52. The van der Waals surface area contributed by atoms with Crippen molar-refractivity contribution in [2.45, 2.75) is 32.2 Å². The van der Waals surface area contributed by atoms with E-state index >= 15 is 0 Å². The van der Waals surface area contributed by atoms with Crippen LogP contribution in [0.15, 0.2) is 30.3 Å². The number of piperazine rings is 1. The van der Waals surface area contributed by atoms with Gasteiger partial charge in [-0.2, -0.15) is 0 Å². The topological polar surface area (TPSA) is 32.5 Å². The van der Waals surface area contributed by atoms with Gasteiger partial charge in [-0.15, -0.1) is 0 Å². The van der Waals surface area contributed by atoms with Gasteiger partial charge in [0.15, 0.2) is 0 Å². The highest BCUT2D eigenvalue weighted by Crippen LogP contribution is 2.12. The predicted molar refractivity (Wildman–Crippen MR) is 93.6 cm³/mol. The Bertz CT molecular complexity index is 427. The van der Waals surface area contributed by atoms with Crippen LogP contribution in [0.25, 0.3) is 0 Å². The maximum Gasteiger partial charge on any atom is 0.0902 e. The van der Waals surface area contributed by atoms with Crippen LogP contribution in [0, 0.1) is 0 Å². The lowest BCUT2D eigenvalue weighted by molar-refractivity contribution is 0.115. The largest absolute Gasteiger partial charge is 0.392 e. The van der Waals surface area contributed by atoms with E-state index in [1.165, 1.54) is 5.56 Å². The Morgan fingerprint density at radius 2 is 1.86 bits per heavy atom. The first-order valence-electron chi connectivity index (χ1n) is 8.00. The second kappa shape index (κ2) is 8.47. The Balaban J connectivity index is 1.76. The molecule has 1 aliphatic heterocycles. The van der Waals surface area contributed by atoms with E-state index in [0.29, 0.717) is 11.0 Å². The van der Waals surface area contributed by atoms with Gasteiger partial charge < -0.3 is 10.6 Å². The molecule has 1 saturated heterocycles. The molecule has 1 atom stereocenters. The zero-order valence-electron chi connectivity index (χ0n) is 13.0. The number of rotatable bonds is 7. The third kappa shape index (κ3) is 5.06. The molecular formula is C17H27N3S. The second-order valence-corrected chi connectivity index (χ2v) is 6.29. The van der Waals surface area contributed by atoms with Gasteiger partial charge in [0, 0.05) is 32.7 Å². The summed E-state index contributed by atoms with van der Waals surface area (Å²) in [4.78, 5) is 5.67. The lowest BCUT2D eigenvalue weighted by Crippen LogP contribution is -2.53. The third-order valence-corrected chi connectivity index (χ3v) is 4.57. The first-order chi connectivity index (χ1) is 10.2. The van der Waals surface area contributed by atoms with Crippen LogP contribution >= 0.6 is 12.2 Å². The minimum absolute atomic E-state index is 0.293. The number of nitrogens with zero attached hydrogens (tertiary/aromatic N) is 2. The van der Waals surface area contributed by atoms with Crippen LogP contribution in [0.2, 0.25) is 0 Å². The van der Waals surface area contributed by atoms with Gasteiger partial charge in [0.2, 0.25) is 0 Å². The molecule has 2 rings (SSSR count). The molecule has 4 heteroatoms. The number of nitrogens with two attached hydrogens (primary N) is 1. The number of benzene rings is 1. The van der Waals surface area contributed by atoms with Gasteiger partial charge in [-0.1, -0.05) is 55.9 Å². The molecule has 0 aromatic heterocycles. The lowest BCUT2D eigenvalue weighted by atomic mass is 10.1. The van der Waals surface area contributed by atoms with Gasteiger partial charge in [0.1, 0.15) is 0 Å². The molecule has 116 valence electrons. The van der Waals surface area contributed by atoms with Crippen molar-refractivity contribution in [3.8, 4) is 0 Å². The number of thiocarbonyl (C=S) groups is 1. The van der Waals surface area contributed by atoms with E-state index in [4.69, 9.17) is 18.0 Å². The number of hydrogen-bond donors (Lipinski definition) is 1. The summed E-state index contributed by atoms with van der Waals surface area (Å²) in [5.41, 5.74) is 7.32. The first-order valence-corrected chi connectivity index (χ1v) is 8.41. The summed E-state index contributed by atoms with van der Waals surface area (Å²) in [5.74, 6) is 0. The fourth-order valence-corrected chi connectivity index (χ4v) is 3.28. The van der Waals surface area contributed by atoms with Crippen LogP contribution in [0.1, 0.15) is 25.3 Å². The molecule has 1 aromatic rings. The van der Waals surface area contributed by atoms with Gasteiger partial charge >= 0.3 is 0 Å². The Hall–Kier alpha value is -0.970. The van der Waals surface area contributed by atoms with Crippen LogP contribution < -0.4 is 5.73 Å². The van der Waals surface area contributed by atoms with E-state index in [1.807, 2.05) is 0 Å². The molecule has 2 N–H and O–H groups in total. The van der Waals surface area contributed by atoms with Crippen molar-refractivity contribution < 1.29 is 0 Å². The molecule has 0 bridgehead atoms. The smallest absolute Gasteiger partial charge is 0.0902 e. The molecule has 3 nitrogen and oxygen atoms in total. The summed E-state index contributed by atoms with van der Waals surface area (Å²) in [6, 6.07) is 11.0. The summed E-state index contributed by atoms with van der Waals surface area (Å²) in [7, 11) is 0. The summed E-state index contributed by atoms with van der Waals surface area (Å²) in [6.45, 7) is 7.74. The minimum Gasteiger partial charge on any atom is -0.392 e. The highest BCUT2D eigenvalue weighted by Gasteiger charge is 2.24. The quantitative estimate of drug-likeness (QED) is 0.784. The van der Waals surface area contributed by atoms with Gasteiger partial charge in [0.05, 0.1) is 11.0 Å². The number of hydrogen-bond acceptors (Lipinski definition) is 3. The molecule has 1 fully saturated rings. The summed E-state index contributed by atoms with van der Waals surface area (Å²) >= 11 is 5.23. The summed E-state index contributed by atoms with van der Waals surface area (Å²) in [6.07, 6.45) is 3.35. The molecule has 0 radical (unpaired) electrons.